The van der Waals surface area contributed by atoms with Gasteiger partial charge in [-0.2, -0.15) is 0 Å². The van der Waals surface area contributed by atoms with Gasteiger partial charge in [-0.05, 0) is 50.1 Å². The molecule has 0 radical (unpaired) electrons. The normalized spacial score (nSPS) is 35.0. The molecule has 0 amide bonds. The lowest BCUT2D eigenvalue weighted by atomic mass is 9.76. The Morgan fingerprint density at radius 1 is 1.21 bits per heavy atom. The largest absolute Gasteiger partial charge is 0.480 e. The third-order valence-electron chi connectivity index (χ3n) is 5.05. The van der Waals surface area contributed by atoms with E-state index in [4.69, 9.17) is 0 Å². The van der Waals surface area contributed by atoms with E-state index in [1.54, 1.807) is 0 Å². The van der Waals surface area contributed by atoms with E-state index in [0.29, 0.717) is 17.9 Å². The molecule has 1 aromatic rings. The minimum absolute atomic E-state index is 0.274. The molecule has 1 heterocycles. The fourth-order valence-corrected chi connectivity index (χ4v) is 3.97. The lowest BCUT2D eigenvalue weighted by Crippen LogP contribution is -2.40. The van der Waals surface area contributed by atoms with Crippen molar-refractivity contribution < 1.29 is 9.90 Å². The highest BCUT2D eigenvalue weighted by atomic mass is 16.4. The molecule has 3 heteroatoms. The molecule has 19 heavy (non-hydrogen) atoms. The summed E-state index contributed by atoms with van der Waals surface area (Å²) in [4.78, 5) is 13.4. The molecule has 102 valence electrons. The first-order valence-corrected chi connectivity index (χ1v) is 7.16. The van der Waals surface area contributed by atoms with Crippen LogP contribution in [0.5, 0.6) is 0 Å². The Morgan fingerprint density at radius 3 is 2.63 bits per heavy atom. The second kappa shape index (κ2) is 4.97. The number of carboxylic acid groups (broad SMARTS) is 1. The maximum Gasteiger partial charge on any atom is 0.320 e. The van der Waals surface area contributed by atoms with Crippen LogP contribution in [-0.4, -0.2) is 35.1 Å². The summed E-state index contributed by atoms with van der Waals surface area (Å²) in [5.41, 5.74) is 1.41. The second-order valence-corrected chi connectivity index (χ2v) is 6.00. The number of carbonyl (C=O) groups is 1. The highest BCUT2D eigenvalue weighted by Crippen LogP contribution is 2.44. The van der Waals surface area contributed by atoms with Crippen molar-refractivity contribution in [3.63, 3.8) is 0 Å². The Kier molecular flexibility index (Phi) is 3.31. The average Bonchev–Trinajstić information content (AvgIpc) is 2.77. The standard InChI is InChI=1S/C16H21NO2/c1-17-14-9-12(11-5-3-2-4-6-11)7-8-13(14)10-15(17)16(18)19/h2-6,12-15H,7-10H2,1H3,(H,18,19). The van der Waals surface area contributed by atoms with E-state index >= 15 is 0 Å². The Morgan fingerprint density at radius 2 is 1.95 bits per heavy atom. The molecule has 0 spiro atoms. The van der Waals surface area contributed by atoms with Crippen molar-refractivity contribution in [1.82, 2.24) is 4.90 Å². The number of likely N-dealkylation sites (tertiary alicyclic amines) is 1. The van der Waals surface area contributed by atoms with Gasteiger partial charge in [-0.15, -0.1) is 0 Å². The number of benzene rings is 1. The molecular weight excluding hydrogens is 238 g/mol. The zero-order chi connectivity index (χ0) is 13.4. The summed E-state index contributed by atoms with van der Waals surface area (Å²) in [6.07, 6.45) is 4.30. The first kappa shape index (κ1) is 12.7. The van der Waals surface area contributed by atoms with Crippen LogP contribution in [0.1, 0.15) is 37.2 Å². The van der Waals surface area contributed by atoms with Gasteiger partial charge in [0.15, 0.2) is 0 Å². The van der Waals surface area contributed by atoms with E-state index in [1.807, 2.05) is 7.05 Å². The van der Waals surface area contributed by atoms with Crippen LogP contribution in [0, 0.1) is 5.92 Å². The van der Waals surface area contributed by atoms with E-state index in [1.165, 1.54) is 18.4 Å². The van der Waals surface area contributed by atoms with E-state index in [9.17, 15) is 9.90 Å². The van der Waals surface area contributed by atoms with Gasteiger partial charge in [0.1, 0.15) is 6.04 Å². The summed E-state index contributed by atoms with van der Waals surface area (Å²) in [5, 5.41) is 9.27. The Hall–Kier alpha value is -1.35. The maximum atomic E-state index is 11.3. The second-order valence-electron chi connectivity index (χ2n) is 6.00. The predicted octanol–water partition coefficient (Wildman–Crippen LogP) is 2.73. The Bertz CT molecular complexity index is 459. The molecule has 1 N–H and O–H groups in total. The van der Waals surface area contributed by atoms with Gasteiger partial charge in [0.25, 0.3) is 0 Å². The van der Waals surface area contributed by atoms with Crippen molar-refractivity contribution in [3.8, 4) is 0 Å². The molecule has 0 aromatic heterocycles. The Balaban J connectivity index is 1.75. The van der Waals surface area contributed by atoms with Crippen LogP contribution in [0.4, 0.5) is 0 Å². The van der Waals surface area contributed by atoms with E-state index in [-0.39, 0.29) is 6.04 Å². The molecule has 1 aliphatic carbocycles. The number of hydrogen-bond acceptors (Lipinski definition) is 2. The monoisotopic (exact) mass is 259 g/mol. The average molecular weight is 259 g/mol. The number of carboxylic acids is 1. The van der Waals surface area contributed by atoms with Crippen molar-refractivity contribution in [3.05, 3.63) is 35.9 Å². The fraction of sp³-hybridized carbons (Fsp3) is 0.562. The predicted molar refractivity (Wildman–Crippen MR) is 74.1 cm³/mol. The molecule has 4 unspecified atom stereocenters. The molecule has 1 saturated heterocycles. The van der Waals surface area contributed by atoms with Crippen LogP contribution >= 0.6 is 0 Å². The van der Waals surface area contributed by atoms with Gasteiger partial charge in [0.05, 0.1) is 0 Å². The van der Waals surface area contributed by atoms with Gasteiger partial charge in [-0.3, -0.25) is 9.69 Å². The summed E-state index contributed by atoms with van der Waals surface area (Å²) in [6, 6.07) is 10.8. The number of fused-ring (bicyclic) bond motifs is 1. The molecule has 4 atom stereocenters. The molecule has 1 aromatic carbocycles. The topological polar surface area (TPSA) is 40.5 Å². The van der Waals surface area contributed by atoms with Crippen LogP contribution in [0.3, 0.4) is 0 Å². The fourth-order valence-electron chi connectivity index (χ4n) is 3.97. The van der Waals surface area contributed by atoms with Gasteiger partial charge in [0.2, 0.25) is 0 Å². The van der Waals surface area contributed by atoms with Crippen LogP contribution in [0.15, 0.2) is 30.3 Å². The molecule has 1 aliphatic heterocycles. The summed E-state index contributed by atoms with van der Waals surface area (Å²) in [7, 11) is 1.98. The van der Waals surface area contributed by atoms with Gasteiger partial charge in [-0.1, -0.05) is 30.3 Å². The summed E-state index contributed by atoms with van der Waals surface area (Å²) < 4.78 is 0. The van der Waals surface area contributed by atoms with Crippen molar-refractivity contribution >= 4 is 5.97 Å². The zero-order valence-corrected chi connectivity index (χ0v) is 11.3. The summed E-state index contributed by atoms with van der Waals surface area (Å²) in [6.45, 7) is 0. The van der Waals surface area contributed by atoms with E-state index in [0.717, 1.165) is 12.8 Å². The van der Waals surface area contributed by atoms with Crippen molar-refractivity contribution in [2.75, 3.05) is 7.05 Å². The molecule has 1 saturated carbocycles. The lowest BCUT2D eigenvalue weighted by Gasteiger charge is -2.35. The Labute approximate surface area is 114 Å². The van der Waals surface area contributed by atoms with Gasteiger partial charge >= 0.3 is 5.97 Å². The number of hydrogen-bond donors (Lipinski definition) is 1. The highest BCUT2D eigenvalue weighted by Gasteiger charge is 2.45. The number of rotatable bonds is 2. The van der Waals surface area contributed by atoms with Crippen molar-refractivity contribution in [1.29, 1.82) is 0 Å². The van der Waals surface area contributed by atoms with Crippen LogP contribution in [-0.2, 0) is 4.79 Å². The lowest BCUT2D eigenvalue weighted by molar-refractivity contribution is -0.142. The van der Waals surface area contributed by atoms with E-state index in [2.05, 4.69) is 35.2 Å². The molecule has 2 fully saturated rings. The number of aliphatic carboxylic acids is 1. The highest BCUT2D eigenvalue weighted by molar-refractivity contribution is 5.74. The molecular formula is C16H21NO2. The molecule has 2 aliphatic rings. The minimum atomic E-state index is -0.659. The third kappa shape index (κ3) is 2.27. The smallest absolute Gasteiger partial charge is 0.320 e. The summed E-state index contributed by atoms with van der Waals surface area (Å²) in [5.74, 6) is 0.511. The third-order valence-corrected chi connectivity index (χ3v) is 5.05. The van der Waals surface area contributed by atoms with Crippen molar-refractivity contribution in [2.24, 2.45) is 5.92 Å². The van der Waals surface area contributed by atoms with Crippen LogP contribution < -0.4 is 0 Å². The number of likely N-dealkylation sites (N-methyl/N-ethyl adjacent to an activating group) is 1. The van der Waals surface area contributed by atoms with Crippen LogP contribution in [0.25, 0.3) is 0 Å². The SMILES string of the molecule is CN1C(C(=O)O)CC2CCC(c3ccccc3)CC21. The van der Waals surface area contributed by atoms with Gasteiger partial charge in [0, 0.05) is 6.04 Å². The van der Waals surface area contributed by atoms with E-state index < -0.39 is 5.97 Å². The number of nitrogens with zero attached hydrogens (tertiary/aromatic N) is 1. The van der Waals surface area contributed by atoms with Gasteiger partial charge < -0.3 is 5.11 Å². The molecule has 3 rings (SSSR count). The minimum Gasteiger partial charge on any atom is -0.480 e. The maximum absolute atomic E-state index is 11.3. The quantitative estimate of drug-likeness (QED) is 0.887. The molecule has 0 bridgehead atoms. The zero-order valence-electron chi connectivity index (χ0n) is 11.3. The first-order valence-electron chi connectivity index (χ1n) is 7.16. The van der Waals surface area contributed by atoms with Crippen molar-refractivity contribution in [2.45, 2.75) is 43.7 Å². The summed E-state index contributed by atoms with van der Waals surface area (Å²) >= 11 is 0. The van der Waals surface area contributed by atoms with Crippen LogP contribution in [0.2, 0.25) is 0 Å². The first-order chi connectivity index (χ1) is 9.16. The molecule has 3 nitrogen and oxygen atoms in total. The van der Waals surface area contributed by atoms with Gasteiger partial charge in [-0.25, -0.2) is 0 Å².